The first-order chi connectivity index (χ1) is 8.89. The minimum Gasteiger partial charge on any atom is -0.367 e. The van der Waals surface area contributed by atoms with Crippen LogP contribution in [-0.2, 0) is 16.9 Å². The van der Waals surface area contributed by atoms with Crippen LogP contribution in [-0.4, -0.2) is 16.4 Å². The van der Waals surface area contributed by atoms with E-state index in [1.807, 2.05) is 0 Å². The first-order valence-corrected chi connectivity index (χ1v) is 6.99. The molecule has 2 heterocycles. The van der Waals surface area contributed by atoms with Crippen molar-refractivity contribution in [3.05, 3.63) is 30.0 Å². The minimum absolute atomic E-state index is 0.0490. The van der Waals surface area contributed by atoms with Gasteiger partial charge in [0.15, 0.2) is 0 Å². The van der Waals surface area contributed by atoms with Crippen LogP contribution in [0.1, 0.15) is 37.8 Å². The van der Waals surface area contributed by atoms with E-state index in [0.29, 0.717) is 0 Å². The van der Waals surface area contributed by atoms with Crippen LogP contribution in [0.4, 0.5) is 0 Å². The lowest BCUT2D eigenvalue weighted by Gasteiger charge is -2.40. The Morgan fingerprint density at radius 2 is 1.94 bits per heavy atom. The zero-order chi connectivity index (χ0) is 12.0. The molecule has 2 aliphatic rings. The average Bonchev–Trinajstić information content (AvgIpc) is 2.79. The molecule has 0 unspecified atom stereocenters. The van der Waals surface area contributed by atoms with Gasteiger partial charge in [-0.3, -0.25) is 4.68 Å². The van der Waals surface area contributed by atoms with Gasteiger partial charge in [0.1, 0.15) is 5.60 Å². The van der Waals surface area contributed by atoms with Crippen molar-refractivity contribution in [2.24, 2.45) is 0 Å². The van der Waals surface area contributed by atoms with Crippen LogP contribution in [0.3, 0.4) is 0 Å². The Labute approximate surface area is 107 Å². The van der Waals surface area contributed by atoms with E-state index in [1.165, 1.54) is 30.3 Å². The summed E-state index contributed by atoms with van der Waals surface area (Å²) in [6.45, 7) is 1.70. The van der Waals surface area contributed by atoms with Gasteiger partial charge >= 0.3 is 0 Å². The number of fused-ring (bicyclic) bond motifs is 4. The summed E-state index contributed by atoms with van der Waals surface area (Å²) in [5, 5.41) is 6.03. The number of benzene rings is 1. The molecule has 1 saturated carbocycles. The number of ether oxygens (including phenoxy) is 1. The molecule has 1 aromatic heterocycles. The SMILES string of the molecule is c1ccc2c3n(nc2c1)CCOC31CCCCC1. The molecule has 1 spiro atoms. The summed E-state index contributed by atoms with van der Waals surface area (Å²) in [5.74, 6) is 0. The highest BCUT2D eigenvalue weighted by atomic mass is 16.5. The maximum atomic E-state index is 6.24. The molecular formula is C15H18N2O. The Balaban J connectivity index is 1.96. The number of hydrogen-bond donors (Lipinski definition) is 0. The fourth-order valence-corrected chi connectivity index (χ4v) is 3.62. The summed E-state index contributed by atoms with van der Waals surface area (Å²) in [7, 11) is 0. The maximum absolute atomic E-state index is 6.24. The molecule has 1 aromatic carbocycles. The van der Waals surface area contributed by atoms with E-state index in [-0.39, 0.29) is 5.60 Å². The number of rotatable bonds is 0. The van der Waals surface area contributed by atoms with Crippen molar-refractivity contribution in [3.8, 4) is 0 Å². The van der Waals surface area contributed by atoms with E-state index < -0.39 is 0 Å². The van der Waals surface area contributed by atoms with Crippen LogP contribution in [0.2, 0.25) is 0 Å². The predicted molar refractivity (Wildman–Crippen MR) is 70.4 cm³/mol. The Kier molecular flexibility index (Phi) is 2.24. The molecule has 94 valence electrons. The Hall–Kier alpha value is -1.35. The van der Waals surface area contributed by atoms with E-state index in [4.69, 9.17) is 9.84 Å². The summed E-state index contributed by atoms with van der Waals surface area (Å²) < 4.78 is 8.43. The van der Waals surface area contributed by atoms with Gasteiger partial charge in [0, 0.05) is 5.39 Å². The Bertz CT molecular complexity index is 581. The van der Waals surface area contributed by atoms with Crippen molar-refractivity contribution >= 4 is 10.9 Å². The van der Waals surface area contributed by atoms with Crippen molar-refractivity contribution in [2.45, 2.75) is 44.2 Å². The lowest BCUT2D eigenvalue weighted by molar-refractivity contribution is -0.101. The smallest absolute Gasteiger partial charge is 0.110 e. The molecule has 0 N–H and O–H groups in total. The van der Waals surface area contributed by atoms with Crippen molar-refractivity contribution in [1.29, 1.82) is 0 Å². The third-order valence-corrected chi connectivity index (χ3v) is 4.42. The molecule has 0 radical (unpaired) electrons. The van der Waals surface area contributed by atoms with Crippen molar-refractivity contribution < 1.29 is 4.74 Å². The number of nitrogens with zero attached hydrogens (tertiary/aromatic N) is 2. The molecule has 0 saturated heterocycles. The first kappa shape index (κ1) is 10.6. The second kappa shape index (κ2) is 3.82. The van der Waals surface area contributed by atoms with Crippen molar-refractivity contribution in [2.75, 3.05) is 6.61 Å². The van der Waals surface area contributed by atoms with Crippen LogP contribution >= 0.6 is 0 Å². The van der Waals surface area contributed by atoms with E-state index in [0.717, 1.165) is 31.5 Å². The molecular weight excluding hydrogens is 224 g/mol. The molecule has 0 bridgehead atoms. The van der Waals surface area contributed by atoms with Gasteiger partial charge in [-0.2, -0.15) is 5.10 Å². The molecule has 3 heteroatoms. The van der Waals surface area contributed by atoms with Crippen LogP contribution < -0.4 is 0 Å². The quantitative estimate of drug-likeness (QED) is 0.709. The molecule has 0 amide bonds. The van der Waals surface area contributed by atoms with Gasteiger partial charge in [-0.15, -0.1) is 0 Å². The van der Waals surface area contributed by atoms with E-state index in [2.05, 4.69) is 28.9 Å². The molecule has 1 aliphatic carbocycles. The maximum Gasteiger partial charge on any atom is 0.110 e. The lowest BCUT2D eigenvalue weighted by atomic mass is 9.80. The predicted octanol–water partition coefficient (Wildman–Crippen LogP) is 3.23. The average molecular weight is 242 g/mol. The van der Waals surface area contributed by atoms with Crippen LogP contribution in [0.15, 0.2) is 24.3 Å². The summed E-state index contributed by atoms with van der Waals surface area (Å²) in [6.07, 6.45) is 6.21. The zero-order valence-electron chi connectivity index (χ0n) is 10.6. The van der Waals surface area contributed by atoms with Gasteiger partial charge in [0.2, 0.25) is 0 Å². The molecule has 2 aromatic rings. The van der Waals surface area contributed by atoms with Gasteiger partial charge in [-0.1, -0.05) is 37.5 Å². The minimum atomic E-state index is -0.0490. The topological polar surface area (TPSA) is 27.1 Å². The van der Waals surface area contributed by atoms with Gasteiger partial charge in [0.25, 0.3) is 0 Å². The molecule has 18 heavy (non-hydrogen) atoms. The normalized spacial score (nSPS) is 22.2. The highest BCUT2D eigenvalue weighted by Crippen LogP contribution is 2.44. The van der Waals surface area contributed by atoms with Crippen molar-refractivity contribution in [1.82, 2.24) is 9.78 Å². The first-order valence-electron chi connectivity index (χ1n) is 6.99. The second-order valence-corrected chi connectivity index (χ2v) is 5.49. The molecule has 3 nitrogen and oxygen atoms in total. The number of hydrogen-bond acceptors (Lipinski definition) is 2. The Morgan fingerprint density at radius 3 is 2.83 bits per heavy atom. The molecule has 0 atom stereocenters. The monoisotopic (exact) mass is 242 g/mol. The fourth-order valence-electron chi connectivity index (χ4n) is 3.62. The number of aromatic nitrogens is 2. The highest BCUT2D eigenvalue weighted by Gasteiger charge is 2.41. The third-order valence-electron chi connectivity index (χ3n) is 4.42. The van der Waals surface area contributed by atoms with Gasteiger partial charge in [-0.05, 0) is 18.9 Å². The van der Waals surface area contributed by atoms with Crippen molar-refractivity contribution in [3.63, 3.8) is 0 Å². The van der Waals surface area contributed by atoms with E-state index >= 15 is 0 Å². The van der Waals surface area contributed by atoms with E-state index in [9.17, 15) is 0 Å². The van der Waals surface area contributed by atoms with E-state index in [1.54, 1.807) is 0 Å². The highest BCUT2D eigenvalue weighted by molar-refractivity contribution is 5.82. The Morgan fingerprint density at radius 1 is 1.11 bits per heavy atom. The molecule has 4 rings (SSSR count). The van der Waals surface area contributed by atoms with Gasteiger partial charge < -0.3 is 4.74 Å². The summed E-state index contributed by atoms with van der Waals surface area (Å²) in [5.41, 5.74) is 2.40. The van der Waals surface area contributed by atoms with Crippen LogP contribution in [0.25, 0.3) is 10.9 Å². The summed E-state index contributed by atoms with van der Waals surface area (Å²) >= 11 is 0. The van der Waals surface area contributed by atoms with Crippen LogP contribution in [0.5, 0.6) is 0 Å². The molecule has 1 fully saturated rings. The second-order valence-electron chi connectivity index (χ2n) is 5.49. The van der Waals surface area contributed by atoms with Crippen LogP contribution in [0, 0.1) is 0 Å². The molecule has 1 aliphatic heterocycles. The summed E-state index contributed by atoms with van der Waals surface area (Å²) in [6, 6.07) is 8.47. The lowest BCUT2D eigenvalue weighted by Crippen LogP contribution is -2.40. The van der Waals surface area contributed by atoms with Gasteiger partial charge in [0.05, 0.1) is 24.4 Å². The largest absolute Gasteiger partial charge is 0.367 e. The standard InChI is InChI=1S/C15H18N2O/c1-4-8-15(9-5-1)14-12-6-2-3-7-13(12)16-17(14)10-11-18-15/h2-3,6-7H,1,4-5,8-11H2. The zero-order valence-corrected chi connectivity index (χ0v) is 10.6. The third kappa shape index (κ3) is 1.37. The summed E-state index contributed by atoms with van der Waals surface area (Å²) in [4.78, 5) is 0. The van der Waals surface area contributed by atoms with Gasteiger partial charge in [-0.25, -0.2) is 0 Å². The fraction of sp³-hybridized carbons (Fsp3) is 0.533.